The van der Waals surface area contributed by atoms with Gasteiger partial charge in [-0.05, 0) is 19.3 Å². The van der Waals surface area contributed by atoms with Gasteiger partial charge in [-0.2, -0.15) is 8.42 Å². The second kappa shape index (κ2) is 13.1. The van der Waals surface area contributed by atoms with Crippen LogP contribution >= 0.6 is 11.6 Å². The molecule has 0 heterocycles. The quantitative estimate of drug-likeness (QED) is 0.118. The number of carbonyl (C=O) groups is 1. The highest BCUT2D eigenvalue weighted by Crippen LogP contribution is 2.36. The third-order valence-electron chi connectivity index (χ3n) is 4.18. The van der Waals surface area contributed by atoms with Crippen molar-refractivity contribution in [3.8, 4) is 0 Å². The molecule has 0 saturated heterocycles. The summed E-state index contributed by atoms with van der Waals surface area (Å²) in [7, 11) is -3.79. The molecule has 0 radical (unpaired) electrons. The Morgan fingerprint density at radius 2 is 1.88 bits per heavy atom. The number of nitro benzene ring substituents is 2. The molecule has 0 aliphatic rings. The molecule has 0 unspecified atom stereocenters. The van der Waals surface area contributed by atoms with Gasteiger partial charge >= 0.3 is 0 Å². The van der Waals surface area contributed by atoms with E-state index in [-0.39, 0.29) is 50.0 Å². The molecule has 180 valence electrons. The van der Waals surface area contributed by atoms with Crippen LogP contribution in [0, 0.1) is 20.2 Å². The minimum absolute atomic E-state index is 0.00188. The third-order valence-corrected chi connectivity index (χ3v) is 4.94. The number of anilines is 1. The van der Waals surface area contributed by atoms with Gasteiger partial charge in [0.1, 0.15) is 5.69 Å². The molecule has 0 saturated carbocycles. The first-order valence-electron chi connectivity index (χ1n) is 9.53. The van der Waals surface area contributed by atoms with Gasteiger partial charge in [0.25, 0.3) is 27.4 Å². The Morgan fingerprint density at radius 3 is 2.41 bits per heavy atom. The van der Waals surface area contributed by atoms with E-state index in [4.69, 9.17) is 16.7 Å². The average molecular weight is 497 g/mol. The summed E-state index contributed by atoms with van der Waals surface area (Å²) in [5.74, 6) is -0.811. The van der Waals surface area contributed by atoms with E-state index in [1.54, 1.807) is 0 Å². The molecule has 0 aromatic heterocycles. The third kappa shape index (κ3) is 8.90. The summed E-state index contributed by atoms with van der Waals surface area (Å²) < 4.78 is 27.2. The van der Waals surface area contributed by atoms with Crippen LogP contribution < -0.4 is 10.2 Å². The van der Waals surface area contributed by atoms with E-state index in [0.29, 0.717) is 19.3 Å². The van der Waals surface area contributed by atoms with E-state index in [2.05, 4.69) is 9.50 Å². The maximum absolute atomic E-state index is 12.8. The fourth-order valence-corrected chi connectivity index (χ4v) is 3.38. The number of rotatable bonds is 15. The zero-order chi connectivity index (χ0) is 24.3. The van der Waals surface area contributed by atoms with Crippen molar-refractivity contribution in [3.05, 3.63) is 37.9 Å². The summed E-state index contributed by atoms with van der Waals surface area (Å²) in [4.78, 5) is 35.3. The van der Waals surface area contributed by atoms with Gasteiger partial charge in [0, 0.05) is 38.2 Å². The van der Waals surface area contributed by atoms with Gasteiger partial charge in [-0.15, -0.1) is 11.6 Å². The Morgan fingerprint density at radius 1 is 1.19 bits per heavy atom. The molecule has 0 spiro atoms. The van der Waals surface area contributed by atoms with Crippen LogP contribution in [0.1, 0.15) is 29.6 Å². The smallest absolute Gasteiger partial charge is 0.300 e. The molecule has 13 nitrogen and oxygen atoms in total. The van der Waals surface area contributed by atoms with Gasteiger partial charge in [-0.1, -0.05) is 0 Å². The Bertz CT molecular complexity index is 927. The van der Waals surface area contributed by atoms with Crippen molar-refractivity contribution in [2.45, 2.75) is 19.3 Å². The van der Waals surface area contributed by atoms with Crippen LogP contribution in [0.3, 0.4) is 0 Å². The first kappa shape index (κ1) is 27.5. The molecule has 0 aliphatic heterocycles. The lowest BCUT2D eigenvalue weighted by atomic mass is 10.1. The Balaban J connectivity index is 3.40. The van der Waals surface area contributed by atoms with Gasteiger partial charge in [-0.25, -0.2) is 0 Å². The molecule has 2 N–H and O–H groups in total. The minimum atomic E-state index is -3.79. The number of benzene rings is 1. The van der Waals surface area contributed by atoms with Crippen LogP contribution in [0.5, 0.6) is 0 Å². The summed E-state index contributed by atoms with van der Waals surface area (Å²) in [6.07, 6.45) is 2.52. The fraction of sp³-hybridized carbons (Fsp3) is 0.588. The number of aliphatic hydroxyl groups is 1. The lowest BCUT2D eigenvalue weighted by molar-refractivity contribution is -0.393. The molecule has 1 aromatic rings. The lowest BCUT2D eigenvalue weighted by Crippen LogP contribution is -2.34. The number of nitrogens with zero attached hydrogens (tertiary/aromatic N) is 3. The Kier molecular flexibility index (Phi) is 11.3. The number of aliphatic hydroxyl groups excluding tert-OH is 1. The highest BCUT2D eigenvalue weighted by Gasteiger charge is 2.31. The number of hydrogen-bond acceptors (Lipinski definition) is 10. The van der Waals surface area contributed by atoms with Gasteiger partial charge < -0.3 is 15.3 Å². The minimum Gasteiger partial charge on any atom is -0.396 e. The van der Waals surface area contributed by atoms with Crippen molar-refractivity contribution in [2.75, 3.05) is 49.9 Å². The van der Waals surface area contributed by atoms with Crippen LogP contribution in [-0.4, -0.2) is 74.3 Å². The molecule has 1 aromatic carbocycles. The maximum atomic E-state index is 12.8. The largest absolute Gasteiger partial charge is 0.396 e. The number of hydrogen-bond donors (Lipinski definition) is 2. The molecule has 32 heavy (non-hydrogen) atoms. The van der Waals surface area contributed by atoms with Crippen molar-refractivity contribution < 1.29 is 32.3 Å². The summed E-state index contributed by atoms with van der Waals surface area (Å²) in [5.41, 5.74) is -1.90. The number of carbonyl (C=O) groups excluding carboxylic acids is 1. The molecule has 0 fully saturated rings. The van der Waals surface area contributed by atoms with Crippen molar-refractivity contribution in [2.24, 2.45) is 0 Å². The van der Waals surface area contributed by atoms with Gasteiger partial charge in [-0.3, -0.25) is 29.2 Å². The van der Waals surface area contributed by atoms with Crippen molar-refractivity contribution in [3.63, 3.8) is 0 Å². The molecule has 1 rings (SSSR count). The van der Waals surface area contributed by atoms with E-state index >= 15 is 0 Å². The topological polar surface area (TPSA) is 182 Å². The highest BCUT2D eigenvalue weighted by molar-refractivity contribution is 7.85. The van der Waals surface area contributed by atoms with Crippen LogP contribution in [0.2, 0.25) is 0 Å². The van der Waals surface area contributed by atoms with Crippen molar-refractivity contribution >= 4 is 44.7 Å². The fourth-order valence-electron chi connectivity index (χ4n) is 2.80. The predicted octanol–water partition coefficient (Wildman–Crippen LogP) is 1.42. The van der Waals surface area contributed by atoms with Crippen LogP contribution in [0.15, 0.2) is 12.1 Å². The van der Waals surface area contributed by atoms with E-state index in [0.717, 1.165) is 18.4 Å². The number of alkyl halides is 1. The predicted molar refractivity (Wildman–Crippen MR) is 117 cm³/mol. The second-order valence-corrected chi connectivity index (χ2v) is 8.64. The van der Waals surface area contributed by atoms with Gasteiger partial charge in [0.05, 0.1) is 34.3 Å². The summed E-state index contributed by atoms with van der Waals surface area (Å²) in [5, 5.41) is 34.3. The molecular formula is C17H25ClN4O9S. The highest BCUT2D eigenvalue weighted by atomic mass is 35.5. The molecule has 0 atom stereocenters. The molecule has 15 heteroatoms. The first-order valence-corrected chi connectivity index (χ1v) is 11.9. The van der Waals surface area contributed by atoms with E-state index in [9.17, 15) is 33.4 Å². The van der Waals surface area contributed by atoms with Gasteiger partial charge in [0.2, 0.25) is 0 Å². The Labute approximate surface area is 189 Å². The van der Waals surface area contributed by atoms with Crippen LogP contribution in [0.25, 0.3) is 0 Å². The second-order valence-electron chi connectivity index (χ2n) is 6.62. The number of non-ortho nitro benzene ring substituents is 1. The van der Waals surface area contributed by atoms with E-state index < -0.39 is 37.2 Å². The normalized spacial score (nSPS) is 11.2. The van der Waals surface area contributed by atoms with Crippen molar-refractivity contribution in [1.29, 1.82) is 0 Å². The average Bonchev–Trinajstić information content (AvgIpc) is 2.70. The first-order chi connectivity index (χ1) is 15.0. The van der Waals surface area contributed by atoms with Crippen molar-refractivity contribution in [1.82, 2.24) is 5.32 Å². The summed E-state index contributed by atoms with van der Waals surface area (Å²) in [6.45, 7) is -0.412. The zero-order valence-electron chi connectivity index (χ0n) is 17.4. The van der Waals surface area contributed by atoms with E-state index in [1.807, 2.05) is 0 Å². The molecule has 1 amide bonds. The van der Waals surface area contributed by atoms with Crippen LogP contribution in [-0.2, 0) is 14.3 Å². The number of halogens is 1. The zero-order valence-corrected chi connectivity index (χ0v) is 18.9. The SMILES string of the molecule is CS(=O)(=O)OCCN(CCCl)c1c(C(=O)NCCCCCO)cc([N+](=O)[O-])cc1[N+](=O)[O-]. The Hall–Kier alpha value is -2.55. The summed E-state index contributed by atoms with van der Waals surface area (Å²) >= 11 is 5.79. The number of nitro groups is 2. The summed E-state index contributed by atoms with van der Waals surface area (Å²) in [6, 6.07) is 1.65. The number of amides is 1. The standard InChI is InChI=1S/C17H25ClN4O9S/c1-32(29,30)31-10-8-20(7-5-18)16-14(17(24)19-6-3-2-4-9-23)11-13(21(25)26)12-15(16)22(27)28/h11-12,23H,2-10H2,1H3,(H,19,24). The van der Waals surface area contributed by atoms with E-state index in [1.165, 1.54) is 4.90 Å². The monoisotopic (exact) mass is 496 g/mol. The molecule has 0 bridgehead atoms. The number of nitrogens with one attached hydrogen (secondary N) is 1. The maximum Gasteiger partial charge on any atom is 0.300 e. The van der Waals surface area contributed by atoms with Crippen LogP contribution in [0.4, 0.5) is 17.1 Å². The lowest BCUT2D eigenvalue weighted by Gasteiger charge is -2.25. The van der Waals surface area contributed by atoms with Gasteiger partial charge in [0.15, 0.2) is 0 Å². The molecule has 0 aliphatic carbocycles. The number of unbranched alkanes of at least 4 members (excludes halogenated alkanes) is 2. The molecular weight excluding hydrogens is 472 g/mol.